The van der Waals surface area contributed by atoms with Crippen LogP contribution < -0.4 is 10.8 Å². The third kappa shape index (κ3) is 5.30. The normalized spacial score (nSPS) is 15.9. The molecule has 0 unspecified atom stereocenters. The van der Waals surface area contributed by atoms with Gasteiger partial charge < -0.3 is 20.6 Å². The van der Waals surface area contributed by atoms with Crippen molar-refractivity contribution in [1.29, 1.82) is 0 Å². The van der Waals surface area contributed by atoms with Gasteiger partial charge in [-0.25, -0.2) is 0 Å². The van der Waals surface area contributed by atoms with Gasteiger partial charge in [0.15, 0.2) is 0 Å². The molecule has 1 heterocycles. The Morgan fingerprint density at radius 3 is 2.62 bits per heavy atom. The van der Waals surface area contributed by atoms with Crippen molar-refractivity contribution in [2.45, 2.75) is 50.6 Å². The predicted molar refractivity (Wildman–Crippen MR) is 89.7 cm³/mol. The predicted octanol–water partition coefficient (Wildman–Crippen LogP) is 1.70. The Balaban J connectivity index is 0.000000249. The summed E-state index contributed by atoms with van der Waals surface area (Å²) in [6.45, 7) is 0. The van der Waals surface area contributed by atoms with Crippen LogP contribution in [-0.4, -0.2) is 23.0 Å². The molecule has 0 spiro atoms. The Kier molecular flexibility index (Phi) is 6.66. The average molecular weight is 329 g/mol. The highest BCUT2D eigenvalue weighted by Gasteiger charge is 2.11. The number of H-pyrrole nitrogens is 1. The molecule has 128 valence electrons. The summed E-state index contributed by atoms with van der Waals surface area (Å²) in [5.74, 6) is -1.37. The van der Waals surface area contributed by atoms with Crippen LogP contribution in [0.15, 0.2) is 35.4 Å². The summed E-state index contributed by atoms with van der Waals surface area (Å²) in [6.07, 6.45) is 7.15. The van der Waals surface area contributed by atoms with Crippen LogP contribution in [-0.2, 0) is 11.2 Å². The zero-order valence-electron chi connectivity index (χ0n) is 13.6. The van der Waals surface area contributed by atoms with Crippen LogP contribution in [0.25, 0.3) is 21.3 Å². The number of fused-ring (bicyclic) bond motifs is 1. The average Bonchev–Trinajstić information content (AvgIpc) is 2.98. The second-order valence-corrected chi connectivity index (χ2v) is 6.13. The van der Waals surface area contributed by atoms with Gasteiger partial charge in [0.25, 0.3) is 0 Å². The van der Waals surface area contributed by atoms with Crippen LogP contribution in [0.2, 0.25) is 0 Å². The van der Waals surface area contributed by atoms with E-state index in [2.05, 4.69) is 20.7 Å². The van der Waals surface area contributed by atoms with E-state index in [1.807, 2.05) is 30.3 Å². The maximum atomic E-state index is 10.7. The van der Waals surface area contributed by atoms with Crippen LogP contribution in [0.5, 0.6) is 0 Å². The van der Waals surface area contributed by atoms with Crippen molar-refractivity contribution in [1.82, 2.24) is 4.98 Å². The lowest BCUT2D eigenvalue weighted by molar-refractivity contribution is -0.425. The maximum absolute atomic E-state index is 10.7. The zero-order valence-corrected chi connectivity index (χ0v) is 13.6. The fourth-order valence-corrected chi connectivity index (χ4v) is 2.87. The fraction of sp³-hybridized carbons (Fsp3) is 0.471. The number of azide groups is 1. The Morgan fingerprint density at radius 2 is 2.08 bits per heavy atom. The number of carboxylic acids is 1. The van der Waals surface area contributed by atoms with E-state index in [0.29, 0.717) is 5.69 Å². The van der Waals surface area contributed by atoms with Crippen molar-refractivity contribution in [2.24, 2.45) is 5.11 Å². The second-order valence-electron chi connectivity index (χ2n) is 6.13. The van der Waals surface area contributed by atoms with Crippen molar-refractivity contribution in [2.75, 3.05) is 0 Å². The molecular formula is C17H23N5O2. The van der Waals surface area contributed by atoms with E-state index >= 15 is 0 Å². The van der Waals surface area contributed by atoms with Crippen LogP contribution in [0, 0.1) is 0 Å². The molecule has 7 nitrogen and oxygen atoms in total. The number of para-hydroxylation sites is 1. The molecule has 1 aliphatic carbocycles. The van der Waals surface area contributed by atoms with Gasteiger partial charge in [0, 0.05) is 22.5 Å². The molecule has 1 atom stereocenters. The summed E-state index contributed by atoms with van der Waals surface area (Å²) in [5, 5.41) is 14.9. The number of quaternary nitrogens is 1. The Labute approximate surface area is 140 Å². The Bertz CT molecular complexity index is 680. The standard InChI is InChI=1S/C11H10N4O2.C6H13N/c12-15-14-10(11(16)17)6-8-5-7-3-1-2-4-9(7)13-8;7-6-4-2-1-3-5-6/h1-5,10,13H,6H2,(H,16,17);6H,1-5,7H2/t10-;/m0./s1. The monoisotopic (exact) mass is 329 g/mol. The van der Waals surface area contributed by atoms with Gasteiger partial charge in [-0.3, -0.25) is 0 Å². The first-order chi connectivity index (χ1) is 11.6. The largest absolute Gasteiger partial charge is 0.550 e. The third-order valence-corrected chi connectivity index (χ3v) is 4.19. The minimum Gasteiger partial charge on any atom is -0.550 e. The first-order valence-corrected chi connectivity index (χ1v) is 8.25. The van der Waals surface area contributed by atoms with Gasteiger partial charge in [0.05, 0.1) is 18.1 Å². The van der Waals surface area contributed by atoms with Crippen molar-refractivity contribution in [3.05, 3.63) is 46.5 Å². The van der Waals surface area contributed by atoms with Crippen molar-refractivity contribution >= 4 is 16.9 Å². The van der Waals surface area contributed by atoms with Gasteiger partial charge in [-0.05, 0) is 48.7 Å². The van der Waals surface area contributed by atoms with Crippen molar-refractivity contribution in [3.63, 3.8) is 0 Å². The SMILES string of the molecule is [N-]=[N+]=N[C@@H](Cc1cc2ccccc2[nH]1)C(=O)[O-].[NH3+]C1CCCCC1. The van der Waals surface area contributed by atoms with E-state index in [4.69, 9.17) is 5.53 Å². The van der Waals surface area contributed by atoms with E-state index in [0.717, 1.165) is 16.9 Å². The summed E-state index contributed by atoms with van der Waals surface area (Å²) in [7, 11) is 0. The Morgan fingerprint density at radius 1 is 1.38 bits per heavy atom. The molecule has 1 aromatic carbocycles. The summed E-state index contributed by atoms with van der Waals surface area (Å²) >= 11 is 0. The molecule has 1 aromatic heterocycles. The molecule has 4 N–H and O–H groups in total. The lowest BCUT2D eigenvalue weighted by atomic mass is 9.97. The number of carboxylic acid groups (broad SMARTS) is 1. The molecule has 2 aromatic rings. The van der Waals surface area contributed by atoms with Gasteiger partial charge in [-0.2, -0.15) is 0 Å². The number of aliphatic carboxylic acids is 1. The van der Waals surface area contributed by atoms with E-state index in [9.17, 15) is 9.90 Å². The molecule has 1 saturated carbocycles. The molecule has 0 saturated heterocycles. The second kappa shape index (κ2) is 8.96. The van der Waals surface area contributed by atoms with E-state index < -0.39 is 12.0 Å². The summed E-state index contributed by atoms with van der Waals surface area (Å²) in [5.41, 5.74) is 13.9. The van der Waals surface area contributed by atoms with E-state index in [1.165, 1.54) is 32.1 Å². The smallest absolute Gasteiger partial charge is 0.0843 e. The van der Waals surface area contributed by atoms with Gasteiger partial charge in [-0.1, -0.05) is 29.7 Å². The van der Waals surface area contributed by atoms with E-state index in [-0.39, 0.29) is 6.42 Å². The van der Waals surface area contributed by atoms with Crippen molar-refractivity contribution < 1.29 is 15.6 Å². The molecule has 24 heavy (non-hydrogen) atoms. The summed E-state index contributed by atoms with van der Waals surface area (Å²) < 4.78 is 0. The lowest BCUT2D eigenvalue weighted by Crippen LogP contribution is -2.61. The molecule has 7 heteroatoms. The summed E-state index contributed by atoms with van der Waals surface area (Å²) in [6, 6.07) is 9.01. The topological polar surface area (TPSA) is 132 Å². The number of hydrogen-bond acceptors (Lipinski definition) is 3. The van der Waals surface area contributed by atoms with Gasteiger partial charge in [-0.15, -0.1) is 0 Å². The number of nitrogens with one attached hydrogen (secondary N) is 1. The number of nitrogens with zero attached hydrogens (tertiary/aromatic N) is 3. The van der Waals surface area contributed by atoms with Crippen LogP contribution in [0.4, 0.5) is 0 Å². The van der Waals surface area contributed by atoms with Crippen molar-refractivity contribution in [3.8, 4) is 0 Å². The molecule has 0 aliphatic heterocycles. The number of aromatic nitrogens is 1. The summed E-state index contributed by atoms with van der Waals surface area (Å²) in [4.78, 5) is 16.3. The molecule has 1 aliphatic rings. The number of carbonyl (C=O) groups excluding carboxylic acids is 1. The molecule has 3 rings (SSSR count). The fourth-order valence-electron chi connectivity index (χ4n) is 2.87. The third-order valence-electron chi connectivity index (χ3n) is 4.19. The highest BCUT2D eigenvalue weighted by Crippen LogP contribution is 2.16. The molecule has 1 fully saturated rings. The minimum atomic E-state index is -1.37. The van der Waals surface area contributed by atoms with Crippen LogP contribution >= 0.6 is 0 Å². The van der Waals surface area contributed by atoms with Gasteiger partial charge in [0.1, 0.15) is 0 Å². The number of carbonyl (C=O) groups is 1. The zero-order chi connectivity index (χ0) is 17.4. The maximum Gasteiger partial charge on any atom is 0.0843 e. The molecule has 0 radical (unpaired) electrons. The molecule has 0 amide bonds. The highest BCUT2D eigenvalue weighted by atomic mass is 16.4. The molecule has 0 bridgehead atoms. The first-order valence-electron chi connectivity index (χ1n) is 8.25. The lowest BCUT2D eigenvalue weighted by Gasteiger charge is -2.12. The Hall–Kier alpha value is -2.50. The quantitative estimate of drug-likeness (QED) is 0.502. The number of aromatic amines is 1. The number of benzene rings is 1. The number of hydrogen-bond donors (Lipinski definition) is 2. The van der Waals surface area contributed by atoms with Gasteiger partial charge in [0.2, 0.25) is 0 Å². The highest BCUT2D eigenvalue weighted by molar-refractivity contribution is 5.80. The van der Waals surface area contributed by atoms with E-state index in [1.54, 1.807) is 0 Å². The van der Waals surface area contributed by atoms with Crippen LogP contribution in [0.3, 0.4) is 0 Å². The number of rotatable bonds is 4. The minimum absolute atomic E-state index is 0.0983. The van der Waals surface area contributed by atoms with Crippen LogP contribution in [0.1, 0.15) is 37.8 Å². The molecular weight excluding hydrogens is 306 g/mol. The van der Waals surface area contributed by atoms with Gasteiger partial charge >= 0.3 is 0 Å². The first kappa shape index (κ1) is 17.8.